The standard InChI is InChI=1S/C14H23NO2.2C2H6/c1-3-9-17-10-8-15-11-13-4-6-14(7-5-13)12-16-2;2*1-2/h4-7,15H,3,8-12H2,1-2H3;2*1-2H3. The van der Waals surface area contributed by atoms with Gasteiger partial charge in [0.1, 0.15) is 0 Å². The molecule has 3 heteroatoms. The molecule has 21 heavy (non-hydrogen) atoms. The Bertz CT molecular complexity index is 286. The van der Waals surface area contributed by atoms with Gasteiger partial charge >= 0.3 is 0 Å². The van der Waals surface area contributed by atoms with Crippen LogP contribution in [0.4, 0.5) is 0 Å². The molecule has 3 nitrogen and oxygen atoms in total. The van der Waals surface area contributed by atoms with Crippen LogP contribution in [-0.2, 0) is 22.6 Å². The van der Waals surface area contributed by atoms with Crippen LogP contribution in [0.2, 0.25) is 0 Å². The van der Waals surface area contributed by atoms with Crippen molar-refractivity contribution >= 4 is 0 Å². The fraction of sp³-hybridized carbons (Fsp3) is 0.667. The normalized spacial score (nSPS) is 9.24. The van der Waals surface area contributed by atoms with Gasteiger partial charge in [0.05, 0.1) is 13.2 Å². The lowest BCUT2D eigenvalue weighted by Crippen LogP contribution is -2.19. The van der Waals surface area contributed by atoms with Gasteiger partial charge in [0.15, 0.2) is 0 Å². The largest absolute Gasteiger partial charge is 0.380 e. The van der Waals surface area contributed by atoms with Crippen LogP contribution in [0.1, 0.15) is 52.2 Å². The third-order valence-corrected chi connectivity index (χ3v) is 2.43. The van der Waals surface area contributed by atoms with Crippen LogP contribution in [0.3, 0.4) is 0 Å². The van der Waals surface area contributed by atoms with Gasteiger partial charge in [0.2, 0.25) is 0 Å². The average Bonchev–Trinajstić information content (AvgIpc) is 2.56. The molecule has 124 valence electrons. The number of hydrogen-bond donors (Lipinski definition) is 1. The van der Waals surface area contributed by atoms with E-state index in [1.807, 2.05) is 27.7 Å². The Morgan fingerprint density at radius 3 is 2.00 bits per heavy atom. The summed E-state index contributed by atoms with van der Waals surface area (Å²) in [6.07, 6.45) is 1.08. The number of methoxy groups -OCH3 is 1. The summed E-state index contributed by atoms with van der Waals surface area (Å²) in [7, 11) is 1.71. The number of nitrogens with one attached hydrogen (secondary N) is 1. The minimum atomic E-state index is 0.679. The summed E-state index contributed by atoms with van der Waals surface area (Å²) in [6, 6.07) is 8.48. The lowest BCUT2D eigenvalue weighted by molar-refractivity contribution is 0.136. The summed E-state index contributed by atoms with van der Waals surface area (Å²) in [5, 5.41) is 3.36. The predicted octanol–water partition coefficient (Wildman–Crippen LogP) is 4.40. The number of hydrogen-bond acceptors (Lipinski definition) is 3. The Morgan fingerprint density at radius 1 is 0.905 bits per heavy atom. The summed E-state index contributed by atoms with van der Waals surface area (Å²) >= 11 is 0. The zero-order valence-electron chi connectivity index (χ0n) is 14.9. The number of rotatable bonds is 9. The van der Waals surface area contributed by atoms with Gasteiger partial charge in [-0.1, -0.05) is 58.9 Å². The van der Waals surface area contributed by atoms with Crippen LogP contribution in [0, 0.1) is 0 Å². The lowest BCUT2D eigenvalue weighted by Gasteiger charge is -2.06. The smallest absolute Gasteiger partial charge is 0.0713 e. The molecular weight excluding hydrogens is 262 g/mol. The van der Waals surface area contributed by atoms with Crippen molar-refractivity contribution in [3.05, 3.63) is 35.4 Å². The molecule has 0 atom stereocenters. The number of ether oxygens (including phenoxy) is 2. The van der Waals surface area contributed by atoms with E-state index in [1.54, 1.807) is 7.11 Å². The highest BCUT2D eigenvalue weighted by Gasteiger charge is 1.94. The van der Waals surface area contributed by atoms with Crippen molar-refractivity contribution in [1.29, 1.82) is 0 Å². The molecule has 1 N–H and O–H groups in total. The second-order valence-electron chi connectivity index (χ2n) is 4.04. The zero-order valence-corrected chi connectivity index (χ0v) is 14.9. The monoisotopic (exact) mass is 297 g/mol. The highest BCUT2D eigenvalue weighted by molar-refractivity contribution is 5.21. The van der Waals surface area contributed by atoms with Crippen molar-refractivity contribution in [1.82, 2.24) is 5.32 Å². The fourth-order valence-electron chi connectivity index (χ4n) is 1.54. The molecule has 1 aromatic rings. The summed E-state index contributed by atoms with van der Waals surface area (Å²) in [5.74, 6) is 0. The Kier molecular flexibility index (Phi) is 20.4. The third kappa shape index (κ3) is 13.8. The highest BCUT2D eigenvalue weighted by Crippen LogP contribution is 2.05. The van der Waals surface area contributed by atoms with Crippen molar-refractivity contribution in [2.45, 2.75) is 54.2 Å². The maximum Gasteiger partial charge on any atom is 0.0713 e. The molecule has 0 fully saturated rings. The summed E-state index contributed by atoms with van der Waals surface area (Å²) < 4.78 is 10.5. The van der Waals surface area contributed by atoms with Crippen molar-refractivity contribution in [2.24, 2.45) is 0 Å². The van der Waals surface area contributed by atoms with Gasteiger partial charge in [-0.15, -0.1) is 0 Å². The maximum absolute atomic E-state index is 5.39. The quantitative estimate of drug-likeness (QED) is 0.685. The highest BCUT2D eigenvalue weighted by atomic mass is 16.5. The van der Waals surface area contributed by atoms with Crippen LogP contribution in [0.5, 0.6) is 0 Å². The molecule has 0 unspecified atom stereocenters. The molecule has 0 saturated carbocycles. The minimum Gasteiger partial charge on any atom is -0.380 e. The summed E-state index contributed by atoms with van der Waals surface area (Å²) in [6.45, 7) is 14.2. The van der Waals surface area contributed by atoms with Crippen LogP contribution in [-0.4, -0.2) is 26.9 Å². The van der Waals surface area contributed by atoms with Gasteiger partial charge in [-0.05, 0) is 17.5 Å². The van der Waals surface area contributed by atoms with Crippen LogP contribution in [0.25, 0.3) is 0 Å². The third-order valence-electron chi connectivity index (χ3n) is 2.43. The first-order chi connectivity index (χ1) is 10.4. The van der Waals surface area contributed by atoms with E-state index >= 15 is 0 Å². The van der Waals surface area contributed by atoms with Crippen LogP contribution >= 0.6 is 0 Å². The second kappa shape index (κ2) is 19.1. The van der Waals surface area contributed by atoms with Crippen molar-refractivity contribution in [3.63, 3.8) is 0 Å². The van der Waals surface area contributed by atoms with Gasteiger partial charge in [-0.3, -0.25) is 0 Å². The van der Waals surface area contributed by atoms with Gasteiger partial charge in [0, 0.05) is 26.8 Å². The predicted molar refractivity (Wildman–Crippen MR) is 92.7 cm³/mol. The maximum atomic E-state index is 5.39. The first-order valence-electron chi connectivity index (χ1n) is 8.22. The summed E-state index contributed by atoms with van der Waals surface area (Å²) in [5.41, 5.74) is 2.50. The molecular formula is C18H35NO2. The molecule has 0 amide bonds. The molecule has 1 rings (SSSR count). The molecule has 0 radical (unpaired) electrons. The van der Waals surface area contributed by atoms with Crippen molar-refractivity contribution in [2.75, 3.05) is 26.9 Å². The molecule has 1 aromatic carbocycles. The second-order valence-corrected chi connectivity index (χ2v) is 4.04. The Hall–Kier alpha value is -0.900. The zero-order chi connectivity index (χ0) is 16.3. The molecule has 0 aromatic heterocycles. The molecule has 0 aliphatic carbocycles. The molecule has 0 heterocycles. The lowest BCUT2D eigenvalue weighted by atomic mass is 10.1. The van der Waals surface area contributed by atoms with E-state index < -0.39 is 0 Å². The Morgan fingerprint density at radius 2 is 1.48 bits per heavy atom. The number of benzene rings is 1. The van der Waals surface area contributed by atoms with Crippen molar-refractivity contribution in [3.8, 4) is 0 Å². The molecule has 0 aliphatic rings. The fourth-order valence-corrected chi connectivity index (χ4v) is 1.54. The first-order valence-corrected chi connectivity index (χ1v) is 8.22. The molecule has 0 saturated heterocycles. The van der Waals surface area contributed by atoms with E-state index in [4.69, 9.17) is 9.47 Å². The van der Waals surface area contributed by atoms with Gasteiger partial charge in [0.25, 0.3) is 0 Å². The van der Waals surface area contributed by atoms with Crippen LogP contribution < -0.4 is 5.32 Å². The van der Waals surface area contributed by atoms with E-state index in [-0.39, 0.29) is 0 Å². The summed E-state index contributed by atoms with van der Waals surface area (Å²) in [4.78, 5) is 0. The van der Waals surface area contributed by atoms with E-state index in [9.17, 15) is 0 Å². The molecule has 0 aliphatic heterocycles. The average molecular weight is 297 g/mol. The van der Waals surface area contributed by atoms with Gasteiger partial charge in [-0.25, -0.2) is 0 Å². The van der Waals surface area contributed by atoms with Crippen molar-refractivity contribution < 1.29 is 9.47 Å². The topological polar surface area (TPSA) is 30.5 Å². The van der Waals surface area contributed by atoms with E-state index in [0.29, 0.717) is 6.61 Å². The van der Waals surface area contributed by atoms with Gasteiger partial charge < -0.3 is 14.8 Å². The Balaban J connectivity index is 0. The molecule has 0 spiro atoms. The van der Waals surface area contributed by atoms with Crippen LogP contribution in [0.15, 0.2) is 24.3 Å². The Labute approximate surface area is 132 Å². The van der Waals surface area contributed by atoms with Gasteiger partial charge in [-0.2, -0.15) is 0 Å². The first kappa shape index (κ1) is 22.4. The minimum absolute atomic E-state index is 0.679. The van der Waals surface area contributed by atoms with E-state index in [0.717, 1.165) is 32.7 Å². The van der Waals surface area contributed by atoms with E-state index in [2.05, 4.69) is 36.5 Å². The van der Waals surface area contributed by atoms with E-state index in [1.165, 1.54) is 11.1 Å². The SMILES string of the molecule is CC.CC.CCCOCCNCc1ccc(COC)cc1. The molecule has 0 bridgehead atoms.